The average molecular weight is 296 g/mol. The number of hydrogen-bond acceptors (Lipinski definition) is 3. The van der Waals surface area contributed by atoms with Crippen LogP contribution in [0.3, 0.4) is 0 Å². The summed E-state index contributed by atoms with van der Waals surface area (Å²) in [6.45, 7) is -0.610. The minimum absolute atomic E-state index is 0.0517. The number of fused-ring (bicyclic) bond motifs is 1. The second-order valence-corrected chi connectivity index (χ2v) is 5.52. The molecule has 114 valence electrons. The van der Waals surface area contributed by atoms with E-state index in [0.29, 0.717) is 25.0 Å². The minimum Gasteiger partial charge on any atom is -0.434 e. The van der Waals surface area contributed by atoms with Crippen molar-refractivity contribution in [3.05, 3.63) is 29.8 Å². The molecule has 2 aliphatic heterocycles. The molecule has 2 unspecified atom stereocenters. The van der Waals surface area contributed by atoms with E-state index in [1.165, 1.54) is 6.07 Å². The van der Waals surface area contributed by atoms with Crippen molar-refractivity contribution in [2.24, 2.45) is 5.92 Å². The quantitative estimate of drug-likeness (QED) is 0.929. The van der Waals surface area contributed by atoms with Gasteiger partial charge in [-0.25, -0.2) is 0 Å². The second-order valence-electron chi connectivity index (χ2n) is 5.52. The summed E-state index contributed by atoms with van der Waals surface area (Å²) in [6.07, 6.45) is 1.97. The molecule has 2 heterocycles. The first-order valence-electron chi connectivity index (χ1n) is 7.21. The number of nitrogens with one attached hydrogen (secondary N) is 1. The van der Waals surface area contributed by atoms with Crippen molar-refractivity contribution < 1.29 is 18.3 Å². The molecule has 0 radical (unpaired) electrons. The van der Waals surface area contributed by atoms with Gasteiger partial charge in [-0.1, -0.05) is 12.1 Å². The zero-order valence-electron chi connectivity index (χ0n) is 11.6. The molecule has 0 bridgehead atoms. The van der Waals surface area contributed by atoms with Crippen LogP contribution in [0.2, 0.25) is 0 Å². The molecule has 3 rings (SSSR count). The molecule has 2 saturated heterocycles. The maximum absolute atomic E-state index is 12.6. The number of alkyl halides is 2. The van der Waals surface area contributed by atoms with Crippen LogP contribution in [0, 0.1) is 5.92 Å². The maximum atomic E-state index is 12.6. The highest BCUT2D eigenvalue weighted by Crippen LogP contribution is 2.28. The van der Waals surface area contributed by atoms with E-state index in [1.54, 1.807) is 23.1 Å². The lowest BCUT2D eigenvalue weighted by Gasteiger charge is -2.35. The zero-order valence-corrected chi connectivity index (χ0v) is 11.6. The Morgan fingerprint density at radius 3 is 2.95 bits per heavy atom. The lowest BCUT2D eigenvalue weighted by molar-refractivity contribution is -0.0503. The minimum atomic E-state index is -2.93. The van der Waals surface area contributed by atoms with Crippen molar-refractivity contribution >= 4 is 5.91 Å². The Bertz CT molecular complexity index is 524. The molecule has 2 aliphatic rings. The van der Waals surface area contributed by atoms with E-state index in [-0.39, 0.29) is 17.2 Å². The molecular weight excluding hydrogens is 278 g/mol. The van der Waals surface area contributed by atoms with Gasteiger partial charge in [-0.2, -0.15) is 8.78 Å². The van der Waals surface area contributed by atoms with Gasteiger partial charge >= 0.3 is 6.61 Å². The highest BCUT2D eigenvalue weighted by atomic mass is 19.3. The molecule has 6 heteroatoms. The predicted molar refractivity (Wildman–Crippen MR) is 73.5 cm³/mol. The molecular formula is C15H18F2N2O2. The normalized spacial score (nSPS) is 25.0. The molecule has 0 aromatic heterocycles. The Hall–Kier alpha value is -1.69. The number of piperidine rings is 1. The fourth-order valence-corrected chi connectivity index (χ4v) is 3.24. The standard InChI is InChI=1S/C15H18F2N2O2/c16-15(17)21-13-4-2-1-3-11(13)14(20)19-8-6-12-10(9-19)5-7-18-12/h1-4,10,12,15,18H,5-9H2. The van der Waals surface area contributed by atoms with Gasteiger partial charge in [-0.15, -0.1) is 0 Å². The van der Waals surface area contributed by atoms with Gasteiger partial charge in [0.1, 0.15) is 5.75 Å². The third-order valence-corrected chi connectivity index (χ3v) is 4.28. The van der Waals surface area contributed by atoms with Crippen LogP contribution in [-0.4, -0.2) is 43.1 Å². The fraction of sp³-hybridized carbons (Fsp3) is 0.533. The number of nitrogens with zero attached hydrogens (tertiary/aromatic N) is 1. The Kier molecular flexibility index (Phi) is 4.05. The molecule has 21 heavy (non-hydrogen) atoms. The number of ether oxygens (including phenoxy) is 1. The summed E-state index contributed by atoms with van der Waals surface area (Å²) in [5.41, 5.74) is 0.210. The van der Waals surface area contributed by atoms with Gasteiger partial charge in [-0.05, 0) is 37.4 Å². The lowest BCUT2D eigenvalue weighted by Crippen LogP contribution is -2.46. The lowest BCUT2D eigenvalue weighted by atomic mass is 9.93. The predicted octanol–water partition coefficient (Wildman–Crippen LogP) is 2.11. The topological polar surface area (TPSA) is 41.6 Å². The summed E-state index contributed by atoms with van der Waals surface area (Å²) in [5, 5.41) is 3.43. The van der Waals surface area contributed by atoms with Gasteiger partial charge in [0.15, 0.2) is 0 Å². The number of hydrogen-bond donors (Lipinski definition) is 1. The van der Waals surface area contributed by atoms with Gasteiger partial charge in [0.25, 0.3) is 5.91 Å². The van der Waals surface area contributed by atoms with E-state index in [1.807, 2.05) is 0 Å². The van der Waals surface area contributed by atoms with Crippen LogP contribution in [-0.2, 0) is 0 Å². The molecule has 1 amide bonds. The van der Waals surface area contributed by atoms with Crippen LogP contribution in [0.1, 0.15) is 23.2 Å². The number of halogens is 2. The summed E-state index contributed by atoms with van der Waals surface area (Å²) < 4.78 is 29.3. The van der Waals surface area contributed by atoms with E-state index in [2.05, 4.69) is 10.1 Å². The van der Waals surface area contributed by atoms with Gasteiger partial charge in [0, 0.05) is 19.1 Å². The Morgan fingerprint density at radius 1 is 1.33 bits per heavy atom. The van der Waals surface area contributed by atoms with Crippen LogP contribution < -0.4 is 10.1 Å². The number of para-hydroxylation sites is 1. The smallest absolute Gasteiger partial charge is 0.387 e. The van der Waals surface area contributed by atoms with Crippen LogP contribution in [0.5, 0.6) is 5.75 Å². The number of rotatable bonds is 3. The van der Waals surface area contributed by atoms with E-state index in [0.717, 1.165) is 19.4 Å². The molecule has 1 aromatic rings. The highest BCUT2D eigenvalue weighted by molar-refractivity contribution is 5.97. The SMILES string of the molecule is O=C(c1ccccc1OC(F)F)N1CCC2NCCC2C1. The number of amides is 1. The van der Waals surface area contributed by atoms with Crippen LogP contribution >= 0.6 is 0 Å². The Balaban J connectivity index is 1.76. The zero-order chi connectivity index (χ0) is 14.8. The highest BCUT2D eigenvalue weighted by Gasteiger charge is 2.35. The first-order valence-corrected chi connectivity index (χ1v) is 7.21. The summed E-state index contributed by atoms with van der Waals surface area (Å²) >= 11 is 0. The second kappa shape index (κ2) is 5.97. The van der Waals surface area contributed by atoms with Gasteiger partial charge in [-0.3, -0.25) is 4.79 Å². The molecule has 0 spiro atoms. The van der Waals surface area contributed by atoms with Crippen molar-refractivity contribution in [1.29, 1.82) is 0 Å². The van der Waals surface area contributed by atoms with Crippen molar-refractivity contribution in [2.45, 2.75) is 25.5 Å². The van der Waals surface area contributed by atoms with Gasteiger partial charge < -0.3 is 15.0 Å². The molecule has 0 aliphatic carbocycles. The Morgan fingerprint density at radius 2 is 2.14 bits per heavy atom. The third-order valence-electron chi connectivity index (χ3n) is 4.28. The van der Waals surface area contributed by atoms with E-state index in [9.17, 15) is 13.6 Å². The first kappa shape index (κ1) is 14.3. The molecule has 4 nitrogen and oxygen atoms in total. The van der Waals surface area contributed by atoms with Crippen molar-refractivity contribution in [1.82, 2.24) is 10.2 Å². The first-order chi connectivity index (χ1) is 10.1. The summed E-state index contributed by atoms with van der Waals surface area (Å²) in [6, 6.07) is 6.68. The van der Waals surface area contributed by atoms with Crippen LogP contribution in [0.25, 0.3) is 0 Å². The van der Waals surface area contributed by atoms with Crippen molar-refractivity contribution in [3.8, 4) is 5.75 Å². The maximum Gasteiger partial charge on any atom is 0.387 e. The number of benzene rings is 1. The van der Waals surface area contributed by atoms with E-state index < -0.39 is 6.61 Å². The summed E-state index contributed by atoms with van der Waals surface area (Å²) in [5.74, 6) is 0.187. The van der Waals surface area contributed by atoms with E-state index >= 15 is 0 Å². The monoisotopic (exact) mass is 296 g/mol. The molecule has 1 N–H and O–H groups in total. The van der Waals surface area contributed by atoms with Gasteiger partial charge in [0.2, 0.25) is 0 Å². The fourth-order valence-electron chi connectivity index (χ4n) is 3.24. The summed E-state index contributed by atoms with van der Waals surface area (Å²) in [7, 11) is 0. The number of carbonyl (C=O) groups is 1. The summed E-state index contributed by atoms with van der Waals surface area (Å²) in [4.78, 5) is 14.3. The number of likely N-dealkylation sites (tertiary alicyclic amines) is 1. The average Bonchev–Trinajstić information content (AvgIpc) is 2.94. The van der Waals surface area contributed by atoms with Crippen molar-refractivity contribution in [3.63, 3.8) is 0 Å². The molecule has 0 saturated carbocycles. The molecule has 1 aromatic carbocycles. The number of carbonyl (C=O) groups excluding carboxylic acids is 1. The van der Waals surface area contributed by atoms with Crippen molar-refractivity contribution in [2.75, 3.05) is 19.6 Å². The largest absolute Gasteiger partial charge is 0.434 e. The van der Waals surface area contributed by atoms with Crippen LogP contribution in [0.4, 0.5) is 8.78 Å². The molecule has 2 fully saturated rings. The Labute approximate surface area is 122 Å². The van der Waals surface area contributed by atoms with Crippen LogP contribution in [0.15, 0.2) is 24.3 Å². The third kappa shape index (κ3) is 3.00. The van der Waals surface area contributed by atoms with Gasteiger partial charge in [0.05, 0.1) is 5.56 Å². The van der Waals surface area contributed by atoms with E-state index in [4.69, 9.17) is 0 Å². The molecule has 2 atom stereocenters.